The Labute approximate surface area is 175 Å². The van der Waals surface area contributed by atoms with E-state index >= 15 is 0 Å². The first-order valence-electron chi connectivity index (χ1n) is 9.88. The summed E-state index contributed by atoms with van der Waals surface area (Å²) in [6.07, 6.45) is 5.20. The fourth-order valence-corrected chi connectivity index (χ4v) is 3.86. The lowest BCUT2D eigenvalue weighted by molar-refractivity contribution is -0.129. The second kappa shape index (κ2) is 8.83. The third-order valence-corrected chi connectivity index (χ3v) is 5.36. The largest absolute Gasteiger partial charge is 0.356 e. The van der Waals surface area contributed by atoms with Gasteiger partial charge in [-0.3, -0.25) is 4.79 Å². The Kier molecular flexibility index (Phi) is 6.40. The number of nitrogens with one attached hydrogen (secondary N) is 1. The van der Waals surface area contributed by atoms with Crippen LogP contribution in [-0.4, -0.2) is 18.4 Å². The third kappa shape index (κ3) is 5.35. The van der Waals surface area contributed by atoms with Crippen molar-refractivity contribution in [3.8, 4) is 12.3 Å². The van der Waals surface area contributed by atoms with E-state index in [-0.39, 0.29) is 36.9 Å². The quantitative estimate of drug-likeness (QED) is 0.611. The number of amides is 1. The molecule has 3 nitrogen and oxygen atoms in total. The Hall–Kier alpha value is -2.94. The molecule has 0 unspecified atom stereocenters. The summed E-state index contributed by atoms with van der Waals surface area (Å²) in [6.45, 7) is 4.66. The van der Waals surface area contributed by atoms with E-state index in [2.05, 4.69) is 11.2 Å². The van der Waals surface area contributed by atoms with Gasteiger partial charge in [-0.1, -0.05) is 18.1 Å². The van der Waals surface area contributed by atoms with E-state index in [1.54, 1.807) is 12.1 Å². The lowest BCUT2D eigenvalue weighted by atomic mass is 9.79. The number of hydrogen-bond acceptors (Lipinski definition) is 2. The molecule has 1 N–H and O–H groups in total. The number of aryl methyl sites for hydroxylation is 2. The monoisotopic (exact) mass is 414 g/mol. The van der Waals surface area contributed by atoms with E-state index in [1.165, 1.54) is 12.1 Å². The highest BCUT2D eigenvalue weighted by Gasteiger charge is 2.45. The fourth-order valence-electron chi connectivity index (χ4n) is 3.86. The number of hydrogen-bond donors (Lipinski definition) is 1. The molecule has 158 valence electrons. The lowest BCUT2D eigenvalue weighted by Crippen LogP contribution is -2.37. The molecule has 1 saturated carbocycles. The van der Waals surface area contributed by atoms with E-state index in [4.69, 9.17) is 6.42 Å². The second-order valence-corrected chi connectivity index (χ2v) is 8.02. The molecule has 1 fully saturated rings. The maximum atomic E-state index is 13.2. The molecule has 0 heterocycles. The summed E-state index contributed by atoms with van der Waals surface area (Å²) in [4.78, 5) is 14.3. The SMILES string of the molecule is C#CCN(Cc1ccc(F)cc1)c1cc(C)c(NC(=O)CC2CC(F)(F)C2)c(C)c1. The molecule has 0 bridgehead atoms. The highest BCUT2D eigenvalue weighted by atomic mass is 19.3. The predicted molar refractivity (Wildman–Crippen MR) is 113 cm³/mol. The number of carbonyl (C=O) groups excluding carboxylic acids is 1. The Morgan fingerprint density at radius 2 is 1.80 bits per heavy atom. The van der Waals surface area contributed by atoms with Gasteiger partial charge in [-0.2, -0.15) is 0 Å². The van der Waals surface area contributed by atoms with E-state index < -0.39 is 5.92 Å². The van der Waals surface area contributed by atoms with Crippen LogP contribution in [0, 0.1) is 37.9 Å². The summed E-state index contributed by atoms with van der Waals surface area (Å²) in [5.74, 6) is -0.779. The zero-order valence-electron chi connectivity index (χ0n) is 17.1. The van der Waals surface area contributed by atoms with Crippen LogP contribution in [0.5, 0.6) is 0 Å². The molecule has 0 saturated heterocycles. The molecule has 0 aliphatic heterocycles. The van der Waals surface area contributed by atoms with E-state index in [0.29, 0.717) is 18.8 Å². The topological polar surface area (TPSA) is 32.3 Å². The molecule has 1 aliphatic carbocycles. The van der Waals surface area contributed by atoms with Crippen LogP contribution < -0.4 is 10.2 Å². The predicted octanol–water partition coefficient (Wildman–Crippen LogP) is 5.46. The first-order chi connectivity index (χ1) is 14.2. The molecule has 2 aromatic carbocycles. The first kappa shape index (κ1) is 21.8. The van der Waals surface area contributed by atoms with Crippen LogP contribution in [0.2, 0.25) is 0 Å². The van der Waals surface area contributed by atoms with Crippen LogP contribution in [-0.2, 0) is 11.3 Å². The van der Waals surface area contributed by atoms with Crippen molar-refractivity contribution >= 4 is 17.3 Å². The molecular formula is C24H25F3N2O. The van der Waals surface area contributed by atoms with Crippen LogP contribution in [0.1, 0.15) is 36.0 Å². The van der Waals surface area contributed by atoms with Gasteiger partial charge in [0.15, 0.2) is 0 Å². The molecule has 3 rings (SSSR count). The van der Waals surface area contributed by atoms with Crippen molar-refractivity contribution in [1.29, 1.82) is 0 Å². The number of alkyl halides is 2. The number of anilines is 2. The zero-order valence-corrected chi connectivity index (χ0v) is 17.1. The standard InChI is InChI=1S/C24H25F3N2O/c1-4-9-29(15-18-5-7-20(25)8-6-18)21-10-16(2)23(17(3)11-21)28-22(30)12-19-13-24(26,27)14-19/h1,5-8,10-11,19H,9,12-15H2,2-3H3,(H,28,30). The Morgan fingerprint density at radius 3 is 2.33 bits per heavy atom. The maximum Gasteiger partial charge on any atom is 0.248 e. The van der Waals surface area contributed by atoms with Gasteiger partial charge in [-0.15, -0.1) is 6.42 Å². The van der Waals surface area contributed by atoms with E-state index in [9.17, 15) is 18.0 Å². The van der Waals surface area contributed by atoms with Gasteiger partial charge in [0.1, 0.15) is 5.82 Å². The Morgan fingerprint density at radius 1 is 1.20 bits per heavy atom. The van der Waals surface area contributed by atoms with Gasteiger partial charge in [0.25, 0.3) is 0 Å². The van der Waals surface area contributed by atoms with Gasteiger partial charge in [-0.05, 0) is 60.7 Å². The van der Waals surface area contributed by atoms with Gasteiger partial charge in [0, 0.05) is 37.2 Å². The minimum Gasteiger partial charge on any atom is -0.356 e. The zero-order chi connectivity index (χ0) is 21.9. The normalized spacial score (nSPS) is 15.2. The van der Waals surface area contributed by atoms with Gasteiger partial charge < -0.3 is 10.2 Å². The summed E-state index contributed by atoms with van der Waals surface area (Å²) < 4.78 is 39.1. The first-order valence-corrected chi connectivity index (χ1v) is 9.88. The molecule has 0 radical (unpaired) electrons. The van der Waals surface area contributed by atoms with Crippen molar-refractivity contribution in [2.75, 3.05) is 16.8 Å². The molecule has 30 heavy (non-hydrogen) atoms. The van der Waals surface area contributed by atoms with E-state index in [1.807, 2.05) is 30.9 Å². The summed E-state index contributed by atoms with van der Waals surface area (Å²) in [5.41, 5.74) is 4.23. The lowest BCUT2D eigenvalue weighted by Gasteiger charge is -2.34. The molecule has 1 amide bonds. The molecule has 0 spiro atoms. The Balaban J connectivity index is 1.72. The fraction of sp³-hybridized carbons (Fsp3) is 0.375. The van der Waals surface area contributed by atoms with Gasteiger partial charge in [0.05, 0.1) is 6.54 Å². The van der Waals surface area contributed by atoms with Gasteiger partial charge in [0.2, 0.25) is 11.8 Å². The van der Waals surface area contributed by atoms with Crippen molar-refractivity contribution in [2.45, 2.75) is 45.6 Å². The number of benzene rings is 2. The van der Waals surface area contributed by atoms with Crippen molar-refractivity contribution in [3.63, 3.8) is 0 Å². The summed E-state index contributed by atoms with van der Waals surface area (Å²) in [5, 5.41) is 2.87. The summed E-state index contributed by atoms with van der Waals surface area (Å²) >= 11 is 0. The Bertz CT molecular complexity index is 932. The summed E-state index contributed by atoms with van der Waals surface area (Å²) in [6, 6.07) is 10.1. The van der Waals surface area contributed by atoms with Crippen LogP contribution in [0.25, 0.3) is 0 Å². The molecule has 0 atom stereocenters. The number of carbonyl (C=O) groups is 1. The smallest absolute Gasteiger partial charge is 0.248 e. The molecular weight excluding hydrogens is 389 g/mol. The van der Waals surface area contributed by atoms with Gasteiger partial charge in [-0.25, -0.2) is 13.2 Å². The minimum absolute atomic E-state index is 0.101. The van der Waals surface area contributed by atoms with Crippen LogP contribution in [0.15, 0.2) is 36.4 Å². The number of terminal acetylenes is 1. The number of rotatable bonds is 7. The highest BCUT2D eigenvalue weighted by Crippen LogP contribution is 2.44. The molecule has 6 heteroatoms. The van der Waals surface area contributed by atoms with Gasteiger partial charge >= 0.3 is 0 Å². The number of halogens is 3. The average molecular weight is 414 g/mol. The maximum absolute atomic E-state index is 13.2. The highest BCUT2D eigenvalue weighted by molar-refractivity contribution is 5.93. The third-order valence-electron chi connectivity index (χ3n) is 5.36. The molecule has 0 aromatic heterocycles. The van der Waals surface area contributed by atoms with Crippen LogP contribution >= 0.6 is 0 Å². The number of nitrogens with zero attached hydrogens (tertiary/aromatic N) is 1. The average Bonchev–Trinajstić information content (AvgIpc) is 2.64. The van der Waals surface area contributed by atoms with Crippen molar-refractivity contribution in [3.05, 3.63) is 58.9 Å². The molecule has 1 aliphatic rings. The van der Waals surface area contributed by atoms with Crippen molar-refractivity contribution in [2.24, 2.45) is 5.92 Å². The van der Waals surface area contributed by atoms with Crippen molar-refractivity contribution in [1.82, 2.24) is 0 Å². The van der Waals surface area contributed by atoms with Crippen LogP contribution in [0.3, 0.4) is 0 Å². The van der Waals surface area contributed by atoms with E-state index in [0.717, 1.165) is 22.4 Å². The van der Waals surface area contributed by atoms with Crippen LogP contribution in [0.4, 0.5) is 24.5 Å². The molecule has 2 aromatic rings. The van der Waals surface area contributed by atoms with Crippen molar-refractivity contribution < 1.29 is 18.0 Å². The summed E-state index contributed by atoms with van der Waals surface area (Å²) in [7, 11) is 0. The second-order valence-electron chi connectivity index (χ2n) is 8.02. The minimum atomic E-state index is -2.62.